The van der Waals surface area contributed by atoms with Crippen LogP contribution in [0.3, 0.4) is 0 Å². The normalized spacial score (nSPS) is 8.89. The van der Waals surface area contributed by atoms with Crippen LogP contribution >= 0.6 is 0 Å². The molecule has 5 nitrogen and oxygen atoms in total. The number of carboxylic acids is 2. The Balaban J connectivity index is 0. The fourth-order valence-corrected chi connectivity index (χ4v) is 1.25. The van der Waals surface area contributed by atoms with Crippen molar-refractivity contribution in [2.24, 2.45) is 0 Å². The zero-order valence-corrected chi connectivity index (χ0v) is 17.6. The van der Waals surface area contributed by atoms with Crippen LogP contribution < -0.4 is 118 Å². The van der Waals surface area contributed by atoms with E-state index in [1.807, 2.05) is 6.92 Å². The maximum Gasteiger partial charge on any atom is 1.00 e. The standard InChI is InChI=1S/C12H14O5.2K/c1-2-3-4-17-10-6-8(11(13)14)5-9(7-10)12(15)16;;/h5-7H,2-4H2,1H3,(H,13,14)(H,15,16);;/q;2*+1/p-2. The first-order valence-electron chi connectivity index (χ1n) is 5.25. The van der Waals surface area contributed by atoms with Gasteiger partial charge in [-0.2, -0.15) is 0 Å². The second-order valence-electron chi connectivity index (χ2n) is 3.52. The van der Waals surface area contributed by atoms with E-state index in [9.17, 15) is 19.8 Å². The van der Waals surface area contributed by atoms with Crippen LogP contribution in [0.2, 0.25) is 0 Å². The Labute approximate surface area is 196 Å². The van der Waals surface area contributed by atoms with E-state index >= 15 is 0 Å². The van der Waals surface area contributed by atoms with Gasteiger partial charge in [0.1, 0.15) is 5.75 Å². The van der Waals surface area contributed by atoms with Crippen LogP contribution in [0.4, 0.5) is 0 Å². The number of carboxylic acid groups (broad SMARTS) is 2. The van der Waals surface area contributed by atoms with Crippen LogP contribution in [0, 0.1) is 0 Å². The van der Waals surface area contributed by atoms with Gasteiger partial charge in [-0.05, 0) is 24.6 Å². The number of rotatable bonds is 6. The molecule has 1 rings (SSSR count). The summed E-state index contributed by atoms with van der Waals surface area (Å²) in [5, 5.41) is 21.4. The molecule has 19 heavy (non-hydrogen) atoms. The fraction of sp³-hybridized carbons (Fsp3) is 0.333. The van der Waals surface area contributed by atoms with Crippen LogP contribution in [-0.4, -0.2) is 18.5 Å². The van der Waals surface area contributed by atoms with Gasteiger partial charge in [0.25, 0.3) is 0 Å². The van der Waals surface area contributed by atoms with Gasteiger partial charge in [0, 0.05) is 11.1 Å². The fourth-order valence-electron chi connectivity index (χ4n) is 1.25. The minimum atomic E-state index is -1.45. The van der Waals surface area contributed by atoms with Crippen molar-refractivity contribution in [2.75, 3.05) is 6.61 Å². The molecule has 0 saturated carbocycles. The predicted molar refractivity (Wildman–Crippen MR) is 55.5 cm³/mol. The van der Waals surface area contributed by atoms with E-state index < -0.39 is 11.9 Å². The molecule has 92 valence electrons. The van der Waals surface area contributed by atoms with E-state index in [2.05, 4.69) is 0 Å². The molecular formula is C12H12K2O5. The Morgan fingerprint density at radius 2 is 1.53 bits per heavy atom. The second-order valence-corrected chi connectivity index (χ2v) is 3.52. The Bertz CT molecular complexity index is 402. The van der Waals surface area contributed by atoms with Gasteiger partial charge in [-0.3, -0.25) is 0 Å². The Hall–Kier alpha value is 1.23. The van der Waals surface area contributed by atoms with Gasteiger partial charge < -0.3 is 24.5 Å². The number of benzene rings is 1. The molecule has 0 spiro atoms. The summed E-state index contributed by atoms with van der Waals surface area (Å²) in [5.41, 5.74) is -0.476. The van der Waals surface area contributed by atoms with Crippen molar-refractivity contribution in [1.29, 1.82) is 0 Å². The monoisotopic (exact) mass is 314 g/mol. The molecule has 0 aliphatic rings. The van der Waals surface area contributed by atoms with Gasteiger partial charge >= 0.3 is 103 Å². The summed E-state index contributed by atoms with van der Waals surface area (Å²) in [5.74, 6) is -2.71. The zero-order chi connectivity index (χ0) is 12.8. The average molecular weight is 314 g/mol. The third-order valence-electron chi connectivity index (χ3n) is 2.14. The number of carbonyl (C=O) groups excluding carboxylic acids is 2. The molecule has 0 N–H and O–H groups in total. The molecule has 0 aliphatic carbocycles. The van der Waals surface area contributed by atoms with Crippen LogP contribution in [-0.2, 0) is 0 Å². The van der Waals surface area contributed by atoms with E-state index in [0.29, 0.717) is 6.61 Å². The minimum Gasteiger partial charge on any atom is -0.545 e. The molecule has 7 heteroatoms. The van der Waals surface area contributed by atoms with Crippen molar-refractivity contribution in [3.63, 3.8) is 0 Å². The van der Waals surface area contributed by atoms with Crippen LogP contribution in [0.5, 0.6) is 5.75 Å². The molecule has 0 atom stereocenters. The molecule has 0 bridgehead atoms. The SMILES string of the molecule is CCCCOc1cc(C(=O)[O-])cc(C(=O)[O-])c1.[K+].[K+]. The third-order valence-corrected chi connectivity index (χ3v) is 2.14. The molecule has 0 radical (unpaired) electrons. The third kappa shape index (κ3) is 8.30. The van der Waals surface area contributed by atoms with E-state index in [1.54, 1.807) is 0 Å². The maximum absolute atomic E-state index is 10.7. The van der Waals surface area contributed by atoms with Crippen molar-refractivity contribution in [3.8, 4) is 5.75 Å². The summed E-state index contributed by atoms with van der Waals surface area (Å²) in [6, 6.07) is 3.45. The van der Waals surface area contributed by atoms with Crippen LogP contribution in [0.15, 0.2) is 18.2 Å². The summed E-state index contributed by atoms with van der Waals surface area (Å²) in [7, 11) is 0. The second kappa shape index (κ2) is 11.8. The Morgan fingerprint density at radius 1 is 1.05 bits per heavy atom. The van der Waals surface area contributed by atoms with Crippen LogP contribution in [0.25, 0.3) is 0 Å². The number of carbonyl (C=O) groups is 2. The van der Waals surface area contributed by atoms with Crippen molar-refractivity contribution in [1.82, 2.24) is 0 Å². The largest absolute Gasteiger partial charge is 1.00 e. The minimum absolute atomic E-state index is 0. The molecule has 0 saturated heterocycles. The van der Waals surface area contributed by atoms with Gasteiger partial charge in [0.05, 0.1) is 18.5 Å². The average Bonchev–Trinajstić information content (AvgIpc) is 2.29. The molecule has 0 heterocycles. The van der Waals surface area contributed by atoms with E-state index in [4.69, 9.17) is 4.74 Å². The van der Waals surface area contributed by atoms with Gasteiger partial charge in [-0.1, -0.05) is 13.3 Å². The number of hydrogen-bond acceptors (Lipinski definition) is 5. The van der Waals surface area contributed by atoms with E-state index in [0.717, 1.165) is 18.9 Å². The number of hydrogen-bond donors (Lipinski definition) is 0. The van der Waals surface area contributed by atoms with Gasteiger partial charge in [0.2, 0.25) is 0 Å². The van der Waals surface area contributed by atoms with Crippen LogP contribution in [0.1, 0.15) is 40.5 Å². The summed E-state index contributed by atoms with van der Waals surface area (Å²) >= 11 is 0. The number of aromatic carboxylic acids is 2. The topological polar surface area (TPSA) is 89.5 Å². The molecule has 0 unspecified atom stereocenters. The first-order chi connectivity index (χ1) is 8.04. The molecule has 0 fully saturated rings. The quantitative estimate of drug-likeness (QED) is 0.385. The van der Waals surface area contributed by atoms with Gasteiger partial charge in [0.15, 0.2) is 0 Å². The molecular weight excluding hydrogens is 302 g/mol. The van der Waals surface area contributed by atoms with Crippen molar-refractivity contribution in [3.05, 3.63) is 29.3 Å². The zero-order valence-electron chi connectivity index (χ0n) is 11.4. The first kappa shape index (κ1) is 22.5. The molecule has 1 aromatic carbocycles. The van der Waals surface area contributed by atoms with E-state index in [1.165, 1.54) is 12.1 Å². The number of unbranched alkanes of at least 4 members (excludes halogenated alkanes) is 1. The van der Waals surface area contributed by atoms with Crippen molar-refractivity contribution >= 4 is 11.9 Å². The van der Waals surface area contributed by atoms with Crippen molar-refractivity contribution < 1.29 is 127 Å². The van der Waals surface area contributed by atoms with Gasteiger partial charge in [-0.25, -0.2) is 0 Å². The van der Waals surface area contributed by atoms with Gasteiger partial charge in [-0.15, -0.1) is 0 Å². The predicted octanol–water partition coefficient (Wildman–Crippen LogP) is -6.40. The summed E-state index contributed by atoms with van der Waals surface area (Å²) < 4.78 is 5.25. The smallest absolute Gasteiger partial charge is 0.545 e. The molecule has 1 aromatic rings. The molecule has 0 aliphatic heterocycles. The molecule has 0 aromatic heterocycles. The van der Waals surface area contributed by atoms with Crippen molar-refractivity contribution in [2.45, 2.75) is 19.8 Å². The summed E-state index contributed by atoms with van der Waals surface area (Å²) in [4.78, 5) is 21.4. The number of ether oxygens (including phenoxy) is 1. The Morgan fingerprint density at radius 3 is 1.89 bits per heavy atom. The Kier molecular flexibility index (Phi) is 14.0. The maximum atomic E-state index is 10.7. The molecule has 0 amide bonds. The summed E-state index contributed by atoms with van der Waals surface area (Å²) in [6.45, 7) is 2.38. The summed E-state index contributed by atoms with van der Waals surface area (Å²) in [6.07, 6.45) is 1.73. The van der Waals surface area contributed by atoms with E-state index in [-0.39, 0.29) is 120 Å². The first-order valence-corrected chi connectivity index (χ1v) is 5.25.